The number of hydrogen-bond donors (Lipinski definition) is 3. The molecule has 0 radical (unpaired) electrons. The van der Waals surface area contributed by atoms with Crippen LogP contribution in [0.1, 0.15) is 41.8 Å². The molecule has 0 aliphatic heterocycles. The number of primary amides is 1. The summed E-state index contributed by atoms with van der Waals surface area (Å²) in [6, 6.07) is 13.2. The number of ether oxygens (including phenoxy) is 1. The van der Waals surface area contributed by atoms with Gasteiger partial charge in [-0.25, -0.2) is 9.78 Å². The maximum Gasteiger partial charge on any atom is 0.407 e. The van der Waals surface area contributed by atoms with E-state index in [1.807, 2.05) is 44.2 Å². The summed E-state index contributed by atoms with van der Waals surface area (Å²) < 4.78 is 10.8. The summed E-state index contributed by atoms with van der Waals surface area (Å²) in [5.41, 5.74) is 7.21. The lowest BCUT2D eigenvalue weighted by Gasteiger charge is -2.25. The number of aliphatic hydroxyl groups is 1. The van der Waals surface area contributed by atoms with Crippen LogP contribution in [0.2, 0.25) is 0 Å². The molecular weight excluding hydrogens is 374 g/mol. The zero-order chi connectivity index (χ0) is 21.0. The van der Waals surface area contributed by atoms with E-state index in [-0.39, 0.29) is 24.0 Å². The van der Waals surface area contributed by atoms with Gasteiger partial charge in [-0.05, 0) is 29.7 Å². The van der Waals surface area contributed by atoms with Crippen molar-refractivity contribution in [3.63, 3.8) is 0 Å². The Morgan fingerprint density at radius 2 is 1.93 bits per heavy atom. The SMILES string of the molecule is CC(C)[C@H](NC(=O)OCc1ccccc1)C(O)c1nc2cc(C(N)=O)ccc2o1. The number of nitrogens with two attached hydrogens (primary N) is 1. The second kappa shape index (κ2) is 8.74. The summed E-state index contributed by atoms with van der Waals surface area (Å²) >= 11 is 0. The number of alkyl carbamates (subject to hydrolysis) is 1. The van der Waals surface area contributed by atoms with Gasteiger partial charge in [0.05, 0.1) is 6.04 Å². The molecule has 0 saturated carbocycles. The molecule has 1 aromatic heterocycles. The maximum absolute atomic E-state index is 12.2. The largest absolute Gasteiger partial charge is 0.445 e. The van der Waals surface area contributed by atoms with Crippen molar-refractivity contribution < 1.29 is 23.8 Å². The van der Waals surface area contributed by atoms with E-state index in [2.05, 4.69) is 10.3 Å². The average Bonchev–Trinajstić information content (AvgIpc) is 3.14. The number of carbonyl (C=O) groups excluding carboxylic acids is 2. The number of fused-ring (bicyclic) bond motifs is 1. The van der Waals surface area contributed by atoms with Crippen molar-refractivity contribution in [2.45, 2.75) is 32.6 Å². The van der Waals surface area contributed by atoms with Crippen molar-refractivity contribution in [1.29, 1.82) is 0 Å². The van der Waals surface area contributed by atoms with E-state index < -0.39 is 24.1 Å². The molecule has 2 amide bonds. The predicted octanol–water partition coefficient (Wildman–Crippen LogP) is 2.91. The fourth-order valence-electron chi connectivity index (χ4n) is 2.89. The highest BCUT2D eigenvalue weighted by Gasteiger charge is 2.30. The zero-order valence-corrected chi connectivity index (χ0v) is 16.2. The molecule has 29 heavy (non-hydrogen) atoms. The van der Waals surface area contributed by atoms with Crippen LogP contribution in [0.4, 0.5) is 4.79 Å². The van der Waals surface area contributed by atoms with E-state index >= 15 is 0 Å². The Morgan fingerprint density at radius 1 is 1.21 bits per heavy atom. The first-order valence-corrected chi connectivity index (χ1v) is 9.20. The van der Waals surface area contributed by atoms with Gasteiger partial charge in [0.25, 0.3) is 0 Å². The van der Waals surface area contributed by atoms with Crippen LogP contribution in [-0.4, -0.2) is 28.1 Å². The molecular formula is C21H23N3O5. The summed E-state index contributed by atoms with van der Waals surface area (Å²) in [5, 5.41) is 13.4. The van der Waals surface area contributed by atoms with Crippen LogP contribution in [0.5, 0.6) is 0 Å². The molecule has 8 nitrogen and oxygen atoms in total. The highest BCUT2D eigenvalue weighted by molar-refractivity contribution is 5.95. The number of hydrogen-bond acceptors (Lipinski definition) is 6. The Hall–Kier alpha value is -3.39. The predicted molar refractivity (Wildman–Crippen MR) is 106 cm³/mol. The van der Waals surface area contributed by atoms with Crippen molar-refractivity contribution in [2.24, 2.45) is 11.7 Å². The van der Waals surface area contributed by atoms with E-state index in [0.29, 0.717) is 11.1 Å². The van der Waals surface area contributed by atoms with Crippen LogP contribution in [0.3, 0.4) is 0 Å². The number of aliphatic hydroxyl groups excluding tert-OH is 1. The van der Waals surface area contributed by atoms with Gasteiger partial charge < -0.3 is 25.3 Å². The third kappa shape index (κ3) is 4.91. The van der Waals surface area contributed by atoms with E-state index in [4.69, 9.17) is 14.9 Å². The molecule has 152 valence electrons. The molecule has 8 heteroatoms. The van der Waals surface area contributed by atoms with Gasteiger partial charge in [0, 0.05) is 5.56 Å². The van der Waals surface area contributed by atoms with Crippen LogP contribution >= 0.6 is 0 Å². The minimum atomic E-state index is -1.20. The van der Waals surface area contributed by atoms with Crippen molar-refractivity contribution in [3.8, 4) is 0 Å². The van der Waals surface area contributed by atoms with Crippen molar-refractivity contribution in [1.82, 2.24) is 10.3 Å². The smallest absolute Gasteiger partial charge is 0.407 e. The van der Waals surface area contributed by atoms with Crippen LogP contribution in [0.15, 0.2) is 52.9 Å². The number of benzene rings is 2. The minimum Gasteiger partial charge on any atom is -0.445 e. The highest BCUT2D eigenvalue weighted by Crippen LogP contribution is 2.26. The molecule has 3 rings (SSSR count). The molecule has 0 aliphatic carbocycles. The number of oxazole rings is 1. The Kier molecular flexibility index (Phi) is 6.13. The van der Waals surface area contributed by atoms with Gasteiger partial charge >= 0.3 is 6.09 Å². The summed E-state index contributed by atoms with van der Waals surface area (Å²) in [7, 11) is 0. The molecule has 4 N–H and O–H groups in total. The number of carbonyl (C=O) groups is 2. The molecule has 2 atom stereocenters. The summed E-state index contributed by atoms with van der Waals surface area (Å²) in [6.45, 7) is 3.81. The normalized spacial score (nSPS) is 13.2. The lowest BCUT2D eigenvalue weighted by Crippen LogP contribution is -2.43. The molecule has 0 bridgehead atoms. The first-order valence-electron chi connectivity index (χ1n) is 9.20. The monoisotopic (exact) mass is 397 g/mol. The second-order valence-corrected chi connectivity index (χ2v) is 7.02. The average molecular weight is 397 g/mol. The lowest BCUT2D eigenvalue weighted by molar-refractivity contribution is 0.0701. The molecule has 0 aliphatic rings. The van der Waals surface area contributed by atoms with Crippen LogP contribution in [-0.2, 0) is 11.3 Å². The fraction of sp³-hybridized carbons (Fsp3) is 0.286. The first kappa shape index (κ1) is 20.3. The quantitative estimate of drug-likeness (QED) is 0.562. The second-order valence-electron chi connectivity index (χ2n) is 7.02. The van der Waals surface area contributed by atoms with Gasteiger partial charge in [-0.1, -0.05) is 44.2 Å². The fourth-order valence-corrected chi connectivity index (χ4v) is 2.89. The van der Waals surface area contributed by atoms with Gasteiger partial charge in [-0.3, -0.25) is 4.79 Å². The van der Waals surface area contributed by atoms with E-state index in [1.54, 1.807) is 6.07 Å². The molecule has 1 unspecified atom stereocenters. The number of nitrogens with zero attached hydrogens (tertiary/aromatic N) is 1. The Labute approximate surface area is 167 Å². The maximum atomic E-state index is 12.2. The van der Waals surface area contributed by atoms with Gasteiger partial charge in [0.1, 0.15) is 12.1 Å². The third-order valence-electron chi connectivity index (χ3n) is 4.50. The molecule has 0 saturated heterocycles. The zero-order valence-electron chi connectivity index (χ0n) is 16.2. The number of rotatable bonds is 7. The molecule has 3 aromatic rings. The van der Waals surface area contributed by atoms with Crippen molar-refractivity contribution >= 4 is 23.1 Å². The molecule has 1 heterocycles. The topological polar surface area (TPSA) is 128 Å². The van der Waals surface area contributed by atoms with Crippen LogP contribution in [0, 0.1) is 5.92 Å². The minimum absolute atomic E-state index is 0.0312. The standard InChI is InChI=1S/C21H23N3O5/c1-12(2)17(24-21(27)28-11-13-6-4-3-5-7-13)18(25)20-23-15-10-14(19(22)26)8-9-16(15)29-20/h3-10,12,17-18,25H,11H2,1-2H3,(H2,22,26)(H,24,27)/t17-,18?/m0/s1. The highest BCUT2D eigenvalue weighted by atomic mass is 16.5. The molecule has 0 spiro atoms. The van der Waals surface area contributed by atoms with Gasteiger partial charge in [0.2, 0.25) is 11.8 Å². The van der Waals surface area contributed by atoms with Crippen molar-refractivity contribution in [2.75, 3.05) is 0 Å². The Morgan fingerprint density at radius 3 is 2.59 bits per heavy atom. The van der Waals surface area contributed by atoms with Gasteiger partial charge in [0.15, 0.2) is 11.7 Å². The van der Waals surface area contributed by atoms with Gasteiger partial charge in [-0.15, -0.1) is 0 Å². The summed E-state index contributed by atoms with van der Waals surface area (Å²) in [5.74, 6) is -0.686. The van der Waals surface area contributed by atoms with E-state index in [9.17, 15) is 14.7 Å². The van der Waals surface area contributed by atoms with Crippen LogP contribution < -0.4 is 11.1 Å². The van der Waals surface area contributed by atoms with E-state index in [1.165, 1.54) is 12.1 Å². The number of nitrogens with one attached hydrogen (secondary N) is 1. The molecule has 2 aromatic carbocycles. The Bertz CT molecular complexity index is 1000. The van der Waals surface area contributed by atoms with Crippen LogP contribution in [0.25, 0.3) is 11.1 Å². The third-order valence-corrected chi connectivity index (χ3v) is 4.50. The summed E-state index contributed by atoms with van der Waals surface area (Å²) in [4.78, 5) is 27.8. The van der Waals surface area contributed by atoms with E-state index in [0.717, 1.165) is 5.56 Å². The Balaban J connectivity index is 1.71. The summed E-state index contributed by atoms with van der Waals surface area (Å²) in [6.07, 6.45) is -1.86. The van der Waals surface area contributed by atoms with Gasteiger partial charge in [-0.2, -0.15) is 0 Å². The number of amides is 2. The first-order chi connectivity index (χ1) is 13.8. The number of aromatic nitrogens is 1. The molecule has 0 fully saturated rings. The van der Waals surface area contributed by atoms with Crippen molar-refractivity contribution in [3.05, 3.63) is 65.5 Å². The lowest BCUT2D eigenvalue weighted by atomic mass is 9.98.